The molecule has 1 amide bonds. The fourth-order valence-electron chi connectivity index (χ4n) is 3.99. The molecular weight excluding hydrogens is 432 g/mol. The minimum Gasteiger partial charge on any atom is -0.369 e. The lowest BCUT2D eigenvalue weighted by atomic mass is 10.1. The summed E-state index contributed by atoms with van der Waals surface area (Å²) in [7, 11) is 0. The van der Waals surface area contributed by atoms with Gasteiger partial charge >= 0.3 is 5.69 Å². The van der Waals surface area contributed by atoms with Crippen LogP contribution < -0.4 is 15.5 Å². The van der Waals surface area contributed by atoms with Crippen LogP contribution >= 0.6 is 0 Å². The molecule has 2 aromatic heterocycles. The van der Waals surface area contributed by atoms with Gasteiger partial charge in [-0.1, -0.05) is 36.4 Å². The first-order valence-corrected chi connectivity index (χ1v) is 11.0. The van der Waals surface area contributed by atoms with Gasteiger partial charge in [0.1, 0.15) is 0 Å². The Kier molecular flexibility index (Phi) is 5.84. The van der Waals surface area contributed by atoms with Crippen molar-refractivity contribution in [3.63, 3.8) is 0 Å². The first-order valence-electron chi connectivity index (χ1n) is 11.0. The van der Waals surface area contributed by atoms with E-state index in [9.17, 15) is 14.9 Å². The second-order valence-corrected chi connectivity index (χ2v) is 7.98. The number of amides is 1. The van der Waals surface area contributed by atoms with Crippen molar-refractivity contribution < 1.29 is 9.72 Å². The van der Waals surface area contributed by atoms with E-state index in [2.05, 4.69) is 25.5 Å². The molecule has 0 aliphatic carbocycles. The van der Waals surface area contributed by atoms with E-state index in [1.54, 1.807) is 12.1 Å². The van der Waals surface area contributed by atoms with Gasteiger partial charge in [0.25, 0.3) is 5.91 Å². The van der Waals surface area contributed by atoms with Crippen LogP contribution in [0.5, 0.6) is 0 Å². The molecule has 9 nitrogen and oxygen atoms in total. The van der Waals surface area contributed by atoms with Crippen molar-refractivity contribution in [2.75, 3.05) is 36.4 Å². The third-order valence-corrected chi connectivity index (χ3v) is 5.78. The molecule has 170 valence electrons. The van der Waals surface area contributed by atoms with Gasteiger partial charge in [0.05, 0.1) is 21.7 Å². The molecule has 3 heterocycles. The number of carbonyl (C=O) groups excluding carboxylic acids is 1. The quantitative estimate of drug-likeness (QED) is 0.348. The zero-order chi connectivity index (χ0) is 23.5. The van der Waals surface area contributed by atoms with Crippen molar-refractivity contribution in [1.29, 1.82) is 0 Å². The topological polar surface area (TPSA) is 113 Å². The summed E-state index contributed by atoms with van der Waals surface area (Å²) in [5.41, 5.74) is 3.21. The van der Waals surface area contributed by atoms with Crippen molar-refractivity contribution >= 4 is 34.0 Å². The fourth-order valence-corrected chi connectivity index (χ4v) is 3.99. The molecule has 0 radical (unpaired) electrons. The number of nitrogens with one attached hydrogen (secondary N) is 2. The number of aromatic nitrogens is 2. The molecule has 1 saturated heterocycles. The number of anilines is 2. The maximum Gasteiger partial charge on any atom is 0.311 e. The van der Waals surface area contributed by atoms with Crippen molar-refractivity contribution in [3.05, 3.63) is 88.6 Å². The largest absolute Gasteiger partial charge is 0.369 e. The number of pyridine rings is 2. The number of carbonyl (C=O) groups is 1. The number of benzene rings is 2. The number of nitrogens with zero attached hydrogens (tertiary/aromatic N) is 4. The third kappa shape index (κ3) is 4.41. The number of piperazine rings is 1. The highest BCUT2D eigenvalue weighted by Gasteiger charge is 2.20. The summed E-state index contributed by atoms with van der Waals surface area (Å²) in [5.74, 6) is -0.619. The van der Waals surface area contributed by atoms with Crippen molar-refractivity contribution in [2.24, 2.45) is 0 Å². The van der Waals surface area contributed by atoms with Crippen LogP contribution in [0.3, 0.4) is 0 Å². The normalized spacial score (nSPS) is 13.6. The fraction of sp³-hybridized carbons (Fsp3) is 0.160. The Morgan fingerprint density at radius 2 is 1.82 bits per heavy atom. The molecule has 5 rings (SSSR count). The summed E-state index contributed by atoms with van der Waals surface area (Å²) in [5, 5.41) is 18.3. The van der Waals surface area contributed by atoms with E-state index in [-0.39, 0.29) is 11.5 Å². The van der Waals surface area contributed by atoms with Gasteiger partial charge < -0.3 is 15.5 Å². The third-order valence-electron chi connectivity index (χ3n) is 5.78. The van der Waals surface area contributed by atoms with Gasteiger partial charge in [-0.3, -0.25) is 19.9 Å². The van der Waals surface area contributed by atoms with Crippen LogP contribution in [0.4, 0.5) is 17.2 Å². The SMILES string of the molecule is O=C(Nc1nc(-c2ccccc2)ccc1[N+](=O)[O-])c1cnc2cc(N3CCNCC3)ccc2c1. The Bertz CT molecular complexity index is 1370. The highest BCUT2D eigenvalue weighted by molar-refractivity contribution is 6.06. The summed E-state index contributed by atoms with van der Waals surface area (Å²) < 4.78 is 0. The van der Waals surface area contributed by atoms with Gasteiger partial charge in [0.2, 0.25) is 5.82 Å². The lowest BCUT2D eigenvalue weighted by Crippen LogP contribution is -2.43. The maximum atomic E-state index is 13.0. The van der Waals surface area contributed by atoms with Crippen LogP contribution in [0.15, 0.2) is 72.9 Å². The first kappa shape index (κ1) is 21.5. The van der Waals surface area contributed by atoms with E-state index in [0.29, 0.717) is 11.3 Å². The van der Waals surface area contributed by atoms with Crippen LogP contribution in [0, 0.1) is 10.1 Å². The molecule has 34 heavy (non-hydrogen) atoms. The van der Waals surface area contributed by atoms with E-state index in [1.807, 2.05) is 48.5 Å². The highest BCUT2D eigenvalue weighted by atomic mass is 16.6. The Balaban J connectivity index is 1.42. The smallest absolute Gasteiger partial charge is 0.311 e. The molecule has 2 N–H and O–H groups in total. The van der Waals surface area contributed by atoms with Crippen LogP contribution in [-0.4, -0.2) is 47.0 Å². The predicted molar refractivity (Wildman–Crippen MR) is 131 cm³/mol. The molecule has 0 atom stereocenters. The number of hydrogen-bond donors (Lipinski definition) is 2. The van der Waals surface area contributed by atoms with Gasteiger partial charge in [0.15, 0.2) is 0 Å². The highest BCUT2D eigenvalue weighted by Crippen LogP contribution is 2.28. The van der Waals surface area contributed by atoms with E-state index in [1.165, 1.54) is 12.3 Å². The molecule has 1 fully saturated rings. The van der Waals surface area contributed by atoms with Gasteiger partial charge in [0, 0.05) is 55.1 Å². The molecular formula is C25H22N6O3. The van der Waals surface area contributed by atoms with E-state index in [4.69, 9.17) is 0 Å². The zero-order valence-corrected chi connectivity index (χ0v) is 18.3. The van der Waals surface area contributed by atoms with Gasteiger partial charge in [-0.05, 0) is 24.3 Å². The minimum atomic E-state index is -0.562. The summed E-state index contributed by atoms with van der Waals surface area (Å²) >= 11 is 0. The number of fused-ring (bicyclic) bond motifs is 1. The zero-order valence-electron chi connectivity index (χ0n) is 18.3. The Hall–Kier alpha value is -4.37. The van der Waals surface area contributed by atoms with Crippen LogP contribution in [0.25, 0.3) is 22.2 Å². The van der Waals surface area contributed by atoms with Crippen molar-refractivity contribution in [3.8, 4) is 11.3 Å². The average Bonchev–Trinajstić information content (AvgIpc) is 2.89. The molecule has 2 aromatic carbocycles. The summed E-state index contributed by atoms with van der Waals surface area (Å²) in [6.07, 6.45) is 1.48. The van der Waals surface area contributed by atoms with Crippen LogP contribution in [0.2, 0.25) is 0 Å². The van der Waals surface area contributed by atoms with Crippen LogP contribution in [-0.2, 0) is 0 Å². The molecule has 4 aromatic rings. The summed E-state index contributed by atoms with van der Waals surface area (Å²) in [6.45, 7) is 3.74. The Morgan fingerprint density at radius 1 is 1.03 bits per heavy atom. The monoisotopic (exact) mass is 454 g/mol. The molecule has 1 aliphatic rings. The minimum absolute atomic E-state index is 0.106. The van der Waals surface area contributed by atoms with Gasteiger partial charge in [-0.2, -0.15) is 0 Å². The molecule has 0 bridgehead atoms. The summed E-state index contributed by atoms with van der Waals surface area (Å²) in [6, 6.07) is 19.9. The van der Waals surface area contributed by atoms with Gasteiger partial charge in [-0.25, -0.2) is 4.98 Å². The number of nitro groups is 1. The molecule has 9 heteroatoms. The van der Waals surface area contributed by atoms with Crippen LogP contribution in [0.1, 0.15) is 10.4 Å². The lowest BCUT2D eigenvalue weighted by Gasteiger charge is -2.29. The standard InChI is InChI=1S/C25H22N6O3/c32-25(29-24-23(31(33)34)9-8-21(28-24)17-4-2-1-3-5-17)19-14-18-6-7-20(15-22(18)27-16-19)30-12-10-26-11-13-30/h1-9,14-16,26H,10-13H2,(H,28,29,32). The maximum absolute atomic E-state index is 13.0. The number of rotatable bonds is 5. The molecule has 0 unspecified atom stereocenters. The summed E-state index contributed by atoms with van der Waals surface area (Å²) in [4.78, 5) is 35.0. The van der Waals surface area contributed by atoms with Crippen molar-refractivity contribution in [2.45, 2.75) is 0 Å². The lowest BCUT2D eigenvalue weighted by molar-refractivity contribution is -0.384. The number of hydrogen-bond acceptors (Lipinski definition) is 7. The molecule has 1 aliphatic heterocycles. The van der Waals surface area contributed by atoms with Crippen molar-refractivity contribution in [1.82, 2.24) is 15.3 Å². The molecule has 0 spiro atoms. The Morgan fingerprint density at radius 3 is 2.59 bits per heavy atom. The molecule has 0 saturated carbocycles. The van der Waals surface area contributed by atoms with Gasteiger partial charge in [-0.15, -0.1) is 0 Å². The predicted octanol–water partition coefficient (Wildman–Crippen LogP) is 3.87. The van der Waals surface area contributed by atoms with E-state index < -0.39 is 10.8 Å². The van der Waals surface area contributed by atoms with E-state index in [0.717, 1.165) is 48.3 Å². The second-order valence-electron chi connectivity index (χ2n) is 7.98. The van der Waals surface area contributed by atoms with E-state index >= 15 is 0 Å². The first-order chi connectivity index (χ1) is 16.6. The second kappa shape index (κ2) is 9.24. The average molecular weight is 454 g/mol. The Labute approximate surface area is 195 Å².